The van der Waals surface area contributed by atoms with Crippen LogP contribution in [-0.4, -0.2) is 22.4 Å². The van der Waals surface area contributed by atoms with Gasteiger partial charge in [0.05, 0.1) is 17.9 Å². The molecule has 0 aliphatic rings. The molecule has 1 amide bonds. The van der Waals surface area contributed by atoms with E-state index in [9.17, 15) is 9.59 Å². The standard InChI is InChI=1S/C22H21ClN2O2S2/c1-2-15-7-9-16(10-8-15)20(26)14-29-22-25-18(13-28-22)11-21(27)24-12-17-5-3-4-6-19(17)23/h3-10,13H,2,11-12,14H2,1H3,(H,24,27). The summed E-state index contributed by atoms with van der Waals surface area (Å²) in [4.78, 5) is 28.9. The lowest BCUT2D eigenvalue weighted by atomic mass is 10.1. The third kappa shape index (κ3) is 6.42. The molecule has 0 bridgehead atoms. The number of amides is 1. The minimum Gasteiger partial charge on any atom is -0.352 e. The Morgan fingerprint density at radius 2 is 1.90 bits per heavy atom. The Kier molecular flexibility index (Phi) is 7.86. The summed E-state index contributed by atoms with van der Waals surface area (Å²) in [5, 5.41) is 5.35. The average Bonchev–Trinajstić information content (AvgIpc) is 3.18. The van der Waals surface area contributed by atoms with Gasteiger partial charge in [-0.1, -0.05) is 72.8 Å². The van der Waals surface area contributed by atoms with Gasteiger partial charge in [0.1, 0.15) is 0 Å². The number of thioether (sulfide) groups is 1. The van der Waals surface area contributed by atoms with Gasteiger partial charge in [0, 0.05) is 22.5 Å². The van der Waals surface area contributed by atoms with Crippen molar-refractivity contribution in [3.8, 4) is 0 Å². The number of benzene rings is 2. The Morgan fingerprint density at radius 3 is 2.62 bits per heavy atom. The van der Waals surface area contributed by atoms with Gasteiger partial charge in [-0.2, -0.15) is 0 Å². The summed E-state index contributed by atoms with van der Waals surface area (Å²) in [7, 11) is 0. The maximum atomic E-state index is 12.3. The molecule has 1 heterocycles. The van der Waals surface area contributed by atoms with E-state index in [1.54, 1.807) is 6.07 Å². The third-order valence-electron chi connectivity index (χ3n) is 4.32. The third-order valence-corrected chi connectivity index (χ3v) is 6.76. The Hall–Kier alpha value is -2.15. The molecular formula is C22H21ClN2O2S2. The summed E-state index contributed by atoms with van der Waals surface area (Å²) in [5.41, 5.74) is 3.51. The number of Topliss-reactive ketones (excluding diaryl/α,β-unsaturated/α-hetero) is 1. The maximum absolute atomic E-state index is 12.3. The molecule has 4 nitrogen and oxygen atoms in total. The van der Waals surface area contributed by atoms with Gasteiger partial charge in [-0.15, -0.1) is 11.3 Å². The number of rotatable bonds is 9. The summed E-state index contributed by atoms with van der Waals surface area (Å²) < 4.78 is 0.789. The molecule has 7 heteroatoms. The van der Waals surface area contributed by atoms with Crippen molar-refractivity contribution in [2.45, 2.75) is 30.6 Å². The molecule has 0 saturated heterocycles. The normalized spacial score (nSPS) is 10.7. The van der Waals surface area contributed by atoms with E-state index in [4.69, 9.17) is 11.6 Å². The fourth-order valence-corrected chi connectivity index (χ4v) is 4.58. The van der Waals surface area contributed by atoms with Gasteiger partial charge >= 0.3 is 0 Å². The van der Waals surface area contributed by atoms with E-state index in [2.05, 4.69) is 17.2 Å². The minimum atomic E-state index is -0.112. The summed E-state index contributed by atoms with van der Waals surface area (Å²) in [6, 6.07) is 15.1. The maximum Gasteiger partial charge on any atom is 0.226 e. The SMILES string of the molecule is CCc1ccc(C(=O)CSc2nc(CC(=O)NCc3ccccc3Cl)cs2)cc1. The van der Waals surface area contributed by atoms with Crippen LogP contribution in [0, 0.1) is 0 Å². The van der Waals surface area contributed by atoms with Crippen molar-refractivity contribution in [2.24, 2.45) is 0 Å². The summed E-state index contributed by atoms with van der Waals surface area (Å²) in [6.45, 7) is 2.47. The van der Waals surface area contributed by atoms with Crippen LogP contribution < -0.4 is 5.32 Å². The lowest BCUT2D eigenvalue weighted by molar-refractivity contribution is -0.120. The molecule has 2 aromatic carbocycles. The van der Waals surface area contributed by atoms with Crippen LogP contribution in [-0.2, 0) is 24.2 Å². The van der Waals surface area contributed by atoms with Crippen LogP contribution in [0.1, 0.15) is 34.1 Å². The lowest BCUT2D eigenvalue weighted by Crippen LogP contribution is -2.24. The topological polar surface area (TPSA) is 59.1 Å². The highest BCUT2D eigenvalue weighted by Crippen LogP contribution is 2.24. The Bertz CT molecular complexity index is 986. The molecule has 0 saturated carbocycles. The lowest BCUT2D eigenvalue weighted by Gasteiger charge is -2.06. The van der Waals surface area contributed by atoms with Crippen LogP contribution in [0.5, 0.6) is 0 Å². The first-order valence-corrected chi connectivity index (χ1v) is 11.5. The molecule has 3 aromatic rings. The van der Waals surface area contributed by atoms with Gasteiger partial charge in [0.2, 0.25) is 5.91 Å². The number of aryl methyl sites for hydroxylation is 1. The second kappa shape index (κ2) is 10.6. The van der Waals surface area contributed by atoms with Crippen molar-refractivity contribution >= 4 is 46.4 Å². The largest absolute Gasteiger partial charge is 0.352 e. The van der Waals surface area contributed by atoms with Crippen molar-refractivity contribution < 1.29 is 9.59 Å². The quantitative estimate of drug-likeness (QED) is 0.364. The Balaban J connectivity index is 1.46. The predicted molar refractivity (Wildman–Crippen MR) is 120 cm³/mol. The van der Waals surface area contributed by atoms with Gasteiger partial charge in [0.15, 0.2) is 10.1 Å². The number of nitrogens with zero attached hydrogens (tertiary/aromatic N) is 1. The monoisotopic (exact) mass is 444 g/mol. The van der Waals surface area contributed by atoms with Gasteiger partial charge in [-0.3, -0.25) is 9.59 Å². The first-order valence-electron chi connectivity index (χ1n) is 9.24. The van der Waals surface area contributed by atoms with Crippen molar-refractivity contribution in [3.05, 3.63) is 81.3 Å². The molecule has 0 radical (unpaired) electrons. The van der Waals surface area contributed by atoms with E-state index in [1.165, 1.54) is 28.7 Å². The molecule has 0 spiro atoms. The fraction of sp³-hybridized carbons (Fsp3) is 0.227. The summed E-state index contributed by atoms with van der Waals surface area (Å²) in [5.74, 6) is 0.294. The van der Waals surface area contributed by atoms with Crippen LogP contribution >= 0.6 is 34.7 Å². The Morgan fingerprint density at radius 1 is 1.14 bits per heavy atom. The number of hydrogen-bond donors (Lipinski definition) is 1. The predicted octanol–water partition coefficient (Wildman–Crippen LogP) is 5.19. The molecule has 0 aliphatic carbocycles. The highest BCUT2D eigenvalue weighted by Gasteiger charge is 2.11. The molecule has 1 N–H and O–H groups in total. The number of halogens is 1. The zero-order chi connectivity index (χ0) is 20.6. The van der Waals surface area contributed by atoms with Gasteiger partial charge in [0.25, 0.3) is 0 Å². The smallest absolute Gasteiger partial charge is 0.226 e. The molecule has 0 atom stereocenters. The van der Waals surface area contributed by atoms with Crippen LogP contribution in [0.3, 0.4) is 0 Å². The van der Waals surface area contributed by atoms with E-state index in [0.29, 0.717) is 28.6 Å². The zero-order valence-corrected chi connectivity index (χ0v) is 18.4. The molecule has 3 rings (SSSR count). The second-order valence-corrected chi connectivity index (χ2v) is 8.90. The van der Waals surface area contributed by atoms with E-state index < -0.39 is 0 Å². The van der Waals surface area contributed by atoms with Crippen molar-refractivity contribution in [2.75, 3.05) is 5.75 Å². The molecule has 29 heavy (non-hydrogen) atoms. The molecule has 150 valence electrons. The van der Waals surface area contributed by atoms with Crippen LogP contribution in [0.4, 0.5) is 0 Å². The highest BCUT2D eigenvalue weighted by atomic mass is 35.5. The number of hydrogen-bond acceptors (Lipinski definition) is 5. The summed E-state index contributed by atoms with van der Waals surface area (Å²) in [6.07, 6.45) is 1.16. The molecule has 0 unspecified atom stereocenters. The van der Waals surface area contributed by atoms with Crippen LogP contribution in [0.15, 0.2) is 58.3 Å². The minimum absolute atomic E-state index is 0.0758. The number of thiazole rings is 1. The second-order valence-electron chi connectivity index (χ2n) is 6.41. The van der Waals surface area contributed by atoms with Gasteiger partial charge in [-0.05, 0) is 23.6 Å². The number of aromatic nitrogens is 1. The molecule has 0 aliphatic heterocycles. The van der Waals surface area contributed by atoms with E-state index >= 15 is 0 Å². The molecular weight excluding hydrogens is 424 g/mol. The summed E-state index contributed by atoms with van der Waals surface area (Å²) >= 11 is 8.95. The Labute approximate surface area is 183 Å². The first kappa shape index (κ1) is 21.6. The number of nitrogens with one attached hydrogen (secondary N) is 1. The van der Waals surface area contributed by atoms with Gasteiger partial charge < -0.3 is 5.32 Å². The molecule has 0 fully saturated rings. The number of carbonyl (C=O) groups excluding carboxylic acids is 2. The van der Waals surface area contributed by atoms with Crippen LogP contribution in [0.2, 0.25) is 5.02 Å². The van der Waals surface area contributed by atoms with Crippen LogP contribution in [0.25, 0.3) is 0 Å². The van der Waals surface area contributed by atoms with Gasteiger partial charge in [-0.25, -0.2) is 4.98 Å². The number of ketones is 1. The highest BCUT2D eigenvalue weighted by molar-refractivity contribution is 8.01. The first-order chi connectivity index (χ1) is 14.0. The van der Waals surface area contributed by atoms with Crippen molar-refractivity contribution in [1.29, 1.82) is 0 Å². The van der Waals surface area contributed by atoms with E-state index in [1.807, 2.05) is 47.8 Å². The number of carbonyl (C=O) groups is 2. The van der Waals surface area contributed by atoms with Crippen molar-refractivity contribution in [1.82, 2.24) is 10.3 Å². The average molecular weight is 445 g/mol. The van der Waals surface area contributed by atoms with E-state index in [0.717, 1.165) is 16.3 Å². The fourth-order valence-electron chi connectivity index (χ4n) is 2.64. The zero-order valence-electron chi connectivity index (χ0n) is 16.0. The van der Waals surface area contributed by atoms with E-state index in [-0.39, 0.29) is 18.1 Å². The van der Waals surface area contributed by atoms with Crippen molar-refractivity contribution in [3.63, 3.8) is 0 Å². The molecule has 1 aromatic heterocycles.